The summed E-state index contributed by atoms with van der Waals surface area (Å²) in [5.74, 6) is -0.716. The van der Waals surface area contributed by atoms with Gasteiger partial charge in [-0.1, -0.05) is 42.8 Å². The van der Waals surface area contributed by atoms with E-state index in [1.807, 2.05) is 45.0 Å². The number of amides is 2. The highest BCUT2D eigenvalue weighted by Gasteiger charge is 2.31. The molecule has 1 N–H and O–H groups in total. The van der Waals surface area contributed by atoms with E-state index in [9.17, 15) is 18.0 Å². The largest absolute Gasteiger partial charge is 0.355 e. The summed E-state index contributed by atoms with van der Waals surface area (Å²) >= 11 is 5.86. The maximum Gasteiger partial charge on any atom is 0.243 e. The van der Waals surface area contributed by atoms with E-state index in [4.69, 9.17) is 11.6 Å². The second kappa shape index (κ2) is 11.4. The smallest absolute Gasteiger partial charge is 0.243 e. The summed E-state index contributed by atoms with van der Waals surface area (Å²) in [6.07, 6.45) is 0.400. The molecule has 32 heavy (non-hydrogen) atoms. The molecule has 0 aliphatic carbocycles. The number of halogens is 1. The Morgan fingerprint density at radius 1 is 1.06 bits per heavy atom. The van der Waals surface area contributed by atoms with E-state index in [1.54, 1.807) is 0 Å². The predicted octanol–water partition coefficient (Wildman–Crippen LogP) is 3.21. The summed E-state index contributed by atoms with van der Waals surface area (Å²) in [6, 6.07) is 12.6. The number of rotatable bonds is 10. The number of benzene rings is 2. The molecule has 0 heterocycles. The molecule has 0 unspecified atom stereocenters. The third-order valence-corrected chi connectivity index (χ3v) is 7.29. The number of aryl methyl sites for hydroxylation is 1. The van der Waals surface area contributed by atoms with Gasteiger partial charge in [0.05, 0.1) is 11.4 Å². The van der Waals surface area contributed by atoms with Crippen LogP contribution in [0.5, 0.6) is 0 Å². The summed E-state index contributed by atoms with van der Waals surface area (Å²) < 4.78 is 26.8. The molecule has 2 rings (SSSR count). The van der Waals surface area contributed by atoms with Gasteiger partial charge in [-0.25, -0.2) is 8.42 Å². The monoisotopic (exact) mass is 479 g/mol. The van der Waals surface area contributed by atoms with Crippen LogP contribution >= 0.6 is 11.6 Å². The third kappa shape index (κ3) is 6.31. The maximum atomic E-state index is 13.3. The number of carbonyl (C=O) groups excluding carboxylic acids is 2. The summed E-state index contributed by atoms with van der Waals surface area (Å²) in [5.41, 5.74) is 1.88. The lowest BCUT2D eigenvalue weighted by molar-refractivity contribution is -0.141. The second-order valence-electron chi connectivity index (χ2n) is 7.48. The Balaban J connectivity index is 2.33. The van der Waals surface area contributed by atoms with Crippen LogP contribution in [-0.4, -0.2) is 55.6 Å². The van der Waals surface area contributed by atoms with Crippen molar-refractivity contribution in [3.8, 4) is 0 Å². The number of nitrogens with zero attached hydrogens (tertiary/aromatic N) is 2. The molecule has 0 aliphatic heterocycles. The van der Waals surface area contributed by atoms with Gasteiger partial charge in [0.1, 0.15) is 6.04 Å². The molecule has 0 spiro atoms. The van der Waals surface area contributed by atoms with Crippen molar-refractivity contribution >= 4 is 33.4 Å². The van der Waals surface area contributed by atoms with Gasteiger partial charge in [0.25, 0.3) is 0 Å². The molecule has 0 saturated carbocycles. The third-order valence-electron chi connectivity index (χ3n) is 5.22. The van der Waals surface area contributed by atoms with Crippen molar-refractivity contribution in [2.45, 2.75) is 44.7 Å². The summed E-state index contributed by atoms with van der Waals surface area (Å²) in [5, 5.41) is 3.19. The van der Waals surface area contributed by atoms with Crippen molar-refractivity contribution < 1.29 is 18.0 Å². The summed E-state index contributed by atoms with van der Waals surface area (Å²) in [6.45, 7) is 5.81. The molecule has 0 bridgehead atoms. The topological polar surface area (TPSA) is 86.8 Å². The molecule has 7 nitrogen and oxygen atoms in total. The van der Waals surface area contributed by atoms with E-state index >= 15 is 0 Å². The van der Waals surface area contributed by atoms with Gasteiger partial charge in [0.2, 0.25) is 21.8 Å². The lowest BCUT2D eigenvalue weighted by atomic mass is 10.1. The predicted molar refractivity (Wildman–Crippen MR) is 126 cm³/mol. The first-order valence-corrected chi connectivity index (χ1v) is 12.3. The zero-order valence-electron chi connectivity index (χ0n) is 18.8. The summed E-state index contributed by atoms with van der Waals surface area (Å²) in [4.78, 5) is 27.5. The zero-order valence-corrected chi connectivity index (χ0v) is 20.4. The first-order valence-electron chi connectivity index (χ1n) is 10.4. The normalized spacial score (nSPS) is 12.4. The molecule has 2 aromatic rings. The van der Waals surface area contributed by atoms with Crippen molar-refractivity contribution in [1.82, 2.24) is 14.5 Å². The van der Waals surface area contributed by atoms with Crippen LogP contribution in [0.25, 0.3) is 0 Å². The molecule has 0 aliphatic rings. The number of hydrogen-bond acceptors (Lipinski definition) is 4. The second-order valence-corrected chi connectivity index (χ2v) is 9.96. The van der Waals surface area contributed by atoms with E-state index < -0.39 is 28.5 Å². The Hall–Kier alpha value is -2.42. The van der Waals surface area contributed by atoms with Gasteiger partial charge >= 0.3 is 0 Å². The van der Waals surface area contributed by atoms with Crippen LogP contribution in [0.15, 0.2) is 53.4 Å². The van der Waals surface area contributed by atoms with Crippen LogP contribution in [-0.2, 0) is 26.2 Å². The van der Waals surface area contributed by atoms with Gasteiger partial charge in [0, 0.05) is 25.2 Å². The van der Waals surface area contributed by atoms with Crippen molar-refractivity contribution in [3.05, 3.63) is 64.7 Å². The highest BCUT2D eigenvalue weighted by atomic mass is 35.5. The van der Waals surface area contributed by atoms with E-state index in [0.29, 0.717) is 18.0 Å². The lowest BCUT2D eigenvalue weighted by Gasteiger charge is -2.32. The minimum atomic E-state index is -3.90. The fourth-order valence-corrected chi connectivity index (χ4v) is 4.58. The van der Waals surface area contributed by atoms with E-state index in [2.05, 4.69) is 5.32 Å². The Kier molecular flexibility index (Phi) is 9.24. The number of carbonyl (C=O) groups is 2. The Labute approximate surface area is 195 Å². The number of sulfonamides is 1. The van der Waals surface area contributed by atoms with Gasteiger partial charge in [0.15, 0.2) is 0 Å². The van der Waals surface area contributed by atoms with E-state index in [-0.39, 0.29) is 17.3 Å². The first-order chi connectivity index (χ1) is 15.1. The number of nitrogens with one attached hydrogen (secondary N) is 1. The quantitative estimate of drug-likeness (QED) is 0.566. The molecule has 0 fully saturated rings. The zero-order chi connectivity index (χ0) is 23.9. The lowest BCUT2D eigenvalue weighted by Crippen LogP contribution is -2.51. The van der Waals surface area contributed by atoms with Crippen LogP contribution in [0.2, 0.25) is 5.02 Å². The minimum Gasteiger partial charge on any atom is -0.355 e. The molecule has 1 atom stereocenters. The van der Waals surface area contributed by atoms with Gasteiger partial charge in [-0.2, -0.15) is 4.31 Å². The molecule has 2 amide bonds. The maximum absolute atomic E-state index is 13.3. The summed E-state index contributed by atoms with van der Waals surface area (Å²) in [7, 11) is -2.55. The molecule has 2 aromatic carbocycles. The molecular weight excluding hydrogens is 450 g/mol. The van der Waals surface area contributed by atoms with Crippen LogP contribution in [0, 0.1) is 6.92 Å². The van der Waals surface area contributed by atoms with Crippen LogP contribution < -0.4 is 5.32 Å². The van der Waals surface area contributed by atoms with E-state index in [1.165, 1.54) is 36.2 Å². The first kappa shape index (κ1) is 25.8. The minimum absolute atomic E-state index is 0.0402. The Bertz CT molecular complexity index is 1040. The van der Waals surface area contributed by atoms with Gasteiger partial charge < -0.3 is 10.2 Å². The van der Waals surface area contributed by atoms with Crippen molar-refractivity contribution in [3.63, 3.8) is 0 Å². The Morgan fingerprint density at radius 3 is 2.25 bits per heavy atom. The molecule has 0 aromatic heterocycles. The standard InChI is InChI=1S/C23H30ClN3O4S/c1-5-21(23(29)25-6-2)27(15-18-10-8-7-9-17(18)3)22(28)16-26(4)32(30,31)20-13-11-19(24)12-14-20/h7-14,21H,5-6,15-16H2,1-4H3,(H,25,29)/t21-/m0/s1. The van der Waals surface area contributed by atoms with Crippen molar-refractivity contribution in [2.75, 3.05) is 20.1 Å². The highest BCUT2D eigenvalue weighted by Crippen LogP contribution is 2.19. The highest BCUT2D eigenvalue weighted by molar-refractivity contribution is 7.89. The average Bonchev–Trinajstić information content (AvgIpc) is 2.75. The van der Waals surface area contributed by atoms with Gasteiger partial charge in [-0.3, -0.25) is 9.59 Å². The van der Waals surface area contributed by atoms with Crippen molar-refractivity contribution in [1.29, 1.82) is 0 Å². The molecule has 0 radical (unpaired) electrons. The van der Waals surface area contributed by atoms with Crippen LogP contribution in [0.4, 0.5) is 0 Å². The fraction of sp³-hybridized carbons (Fsp3) is 0.391. The number of hydrogen-bond donors (Lipinski definition) is 1. The number of likely N-dealkylation sites (N-methyl/N-ethyl adjacent to an activating group) is 2. The Morgan fingerprint density at radius 2 is 1.69 bits per heavy atom. The van der Waals surface area contributed by atoms with Crippen LogP contribution in [0.3, 0.4) is 0 Å². The van der Waals surface area contributed by atoms with Gasteiger partial charge in [-0.05, 0) is 55.7 Å². The SMILES string of the molecule is CCNC(=O)[C@H](CC)N(Cc1ccccc1C)C(=O)CN(C)S(=O)(=O)c1ccc(Cl)cc1. The molecular formula is C23H30ClN3O4S. The van der Waals surface area contributed by atoms with Crippen molar-refractivity contribution in [2.24, 2.45) is 0 Å². The molecule has 0 saturated heterocycles. The average molecular weight is 480 g/mol. The van der Waals surface area contributed by atoms with Crippen LogP contribution in [0.1, 0.15) is 31.4 Å². The van der Waals surface area contributed by atoms with E-state index in [0.717, 1.165) is 15.4 Å². The molecule has 9 heteroatoms. The van der Waals surface area contributed by atoms with Gasteiger partial charge in [-0.15, -0.1) is 0 Å². The fourth-order valence-electron chi connectivity index (χ4n) is 3.34. The molecule has 174 valence electrons.